The molecule has 86 valence electrons. The zero-order chi connectivity index (χ0) is 12.3. The molecule has 0 fully saturated rings. The quantitative estimate of drug-likeness (QED) is 0.777. The first-order valence-electron chi connectivity index (χ1n) is 4.87. The second-order valence-corrected chi connectivity index (χ2v) is 4.49. The molecule has 0 aliphatic heterocycles. The fourth-order valence-corrected chi connectivity index (χ4v) is 2.06. The number of carbonyl (C=O) groups is 2. The van der Waals surface area contributed by atoms with Crippen molar-refractivity contribution < 1.29 is 9.59 Å². The number of hydrogen-bond acceptors (Lipinski definition) is 2. The summed E-state index contributed by atoms with van der Waals surface area (Å²) in [4.78, 5) is 22.6. The molecule has 0 aliphatic carbocycles. The van der Waals surface area contributed by atoms with Crippen molar-refractivity contribution >= 4 is 34.8 Å². The van der Waals surface area contributed by atoms with Gasteiger partial charge in [0.1, 0.15) is 11.6 Å². The Labute approximate surface area is 105 Å². The number of halogens is 2. The van der Waals surface area contributed by atoms with Crippen molar-refractivity contribution in [1.29, 1.82) is 0 Å². The second kappa shape index (κ2) is 5.46. The number of carbonyl (C=O) groups excluding carboxylic acids is 2. The van der Waals surface area contributed by atoms with Crippen LogP contribution in [0.25, 0.3) is 0 Å². The molecular formula is C12H12Cl2O2. The molecule has 0 saturated carbocycles. The SMILES string of the molecule is CC(=O)C(Cc1c(Cl)cccc1Cl)C(C)=O. The Hall–Kier alpha value is -0.860. The molecule has 0 saturated heterocycles. The third-order valence-corrected chi connectivity index (χ3v) is 3.16. The third kappa shape index (κ3) is 3.06. The molecule has 0 aliphatic rings. The zero-order valence-corrected chi connectivity index (χ0v) is 10.6. The van der Waals surface area contributed by atoms with Crippen molar-refractivity contribution in [3.8, 4) is 0 Å². The Morgan fingerprint density at radius 1 is 1.12 bits per heavy atom. The van der Waals surface area contributed by atoms with E-state index in [0.29, 0.717) is 15.6 Å². The average molecular weight is 259 g/mol. The van der Waals surface area contributed by atoms with Crippen LogP contribution in [0, 0.1) is 5.92 Å². The summed E-state index contributed by atoms with van der Waals surface area (Å²) in [5.41, 5.74) is 0.654. The Kier molecular flexibility index (Phi) is 4.51. The topological polar surface area (TPSA) is 34.1 Å². The van der Waals surface area contributed by atoms with Gasteiger partial charge in [-0.2, -0.15) is 0 Å². The Bertz CT molecular complexity index is 393. The molecule has 1 aromatic carbocycles. The maximum absolute atomic E-state index is 11.3. The molecule has 0 aromatic heterocycles. The molecule has 0 radical (unpaired) electrons. The van der Waals surface area contributed by atoms with Crippen LogP contribution in [0.3, 0.4) is 0 Å². The first-order chi connectivity index (χ1) is 7.43. The minimum Gasteiger partial charge on any atom is -0.299 e. The predicted octanol–water partition coefficient (Wildman–Crippen LogP) is 3.33. The molecule has 1 rings (SSSR count). The molecule has 0 unspecified atom stereocenters. The van der Waals surface area contributed by atoms with E-state index in [2.05, 4.69) is 0 Å². The lowest BCUT2D eigenvalue weighted by Crippen LogP contribution is -2.22. The number of hydrogen-bond donors (Lipinski definition) is 0. The lowest BCUT2D eigenvalue weighted by atomic mass is 9.92. The van der Waals surface area contributed by atoms with E-state index in [-0.39, 0.29) is 18.0 Å². The van der Waals surface area contributed by atoms with Gasteiger partial charge in [-0.3, -0.25) is 9.59 Å². The van der Waals surface area contributed by atoms with Crippen LogP contribution in [0.2, 0.25) is 10.0 Å². The Morgan fingerprint density at radius 2 is 1.56 bits per heavy atom. The fraction of sp³-hybridized carbons (Fsp3) is 0.333. The molecular weight excluding hydrogens is 247 g/mol. The monoisotopic (exact) mass is 258 g/mol. The predicted molar refractivity (Wildman–Crippen MR) is 65.0 cm³/mol. The van der Waals surface area contributed by atoms with Crippen molar-refractivity contribution in [2.45, 2.75) is 20.3 Å². The average Bonchev–Trinajstić information content (AvgIpc) is 2.15. The normalized spacial score (nSPS) is 10.6. The molecule has 0 heterocycles. The number of ketones is 2. The molecule has 0 amide bonds. The van der Waals surface area contributed by atoms with Gasteiger partial charge in [0.05, 0.1) is 5.92 Å². The lowest BCUT2D eigenvalue weighted by molar-refractivity contribution is -0.130. The van der Waals surface area contributed by atoms with Crippen LogP contribution in [0.4, 0.5) is 0 Å². The summed E-state index contributed by atoms with van der Waals surface area (Å²) in [6, 6.07) is 5.12. The van der Waals surface area contributed by atoms with E-state index in [1.165, 1.54) is 13.8 Å². The molecule has 16 heavy (non-hydrogen) atoms. The van der Waals surface area contributed by atoms with Crippen LogP contribution in [-0.4, -0.2) is 11.6 Å². The van der Waals surface area contributed by atoms with Crippen LogP contribution in [-0.2, 0) is 16.0 Å². The molecule has 0 N–H and O–H groups in total. The van der Waals surface area contributed by atoms with Gasteiger partial charge >= 0.3 is 0 Å². The fourth-order valence-electron chi connectivity index (χ4n) is 1.51. The molecule has 4 heteroatoms. The highest BCUT2D eigenvalue weighted by Gasteiger charge is 2.22. The lowest BCUT2D eigenvalue weighted by Gasteiger charge is -2.12. The Morgan fingerprint density at radius 3 is 1.94 bits per heavy atom. The van der Waals surface area contributed by atoms with Gasteiger partial charge in [-0.25, -0.2) is 0 Å². The van der Waals surface area contributed by atoms with Crippen LogP contribution in [0.5, 0.6) is 0 Å². The van der Waals surface area contributed by atoms with Crippen molar-refractivity contribution in [2.24, 2.45) is 5.92 Å². The van der Waals surface area contributed by atoms with Crippen molar-refractivity contribution in [3.63, 3.8) is 0 Å². The van der Waals surface area contributed by atoms with Gasteiger partial charge in [-0.1, -0.05) is 29.3 Å². The summed E-state index contributed by atoms with van der Waals surface area (Å²) < 4.78 is 0. The van der Waals surface area contributed by atoms with E-state index in [1.807, 2.05) is 0 Å². The highest BCUT2D eigenvalue weighted by molar-refractivity contribution is 6.36. The van der Waals surface area contributed by atoms with Gasteiger partial charge in [0.25, 0.3) is 0 Å². The number of Topliss-reactive ketones (excluding diaryl/α,β-unsaturated/α-hetero) is 2. The van der Waals surface area contributed by atoms with E-state index >= 15 is 0 Å². The van der Waals surface area contributed by atoms with Gasteiger partial charge in [0, 0.05) is 10.0 Å². The van der Waals surface area contributed by atoms with Gasteiger partial charge in [-0.05, 0) is 38.0 Å². The van der Waals surface area contributed by atoms with E-state index < -0.39 is 5.92 Å². The number of rotatable bonds is 4. The second-order valence-electron chi connectivity index (χ2n) is 3.68. The minimum atomic E-state index is -0.655. The van der Waals surface area contributed by atoms with Crippen LogP contribution < -0.4 is 0 Å². The summed E-state index contributed by atoms with van der Waals surface area (Å²) in [7, 11) is 0. The summed E-state index contributed by atoms with van der Waals surface area (Å²) in [5, 5.41) is 0.972. The molecule has 0 atom stereocenters. The van der Waals surface area contributed by atoms with E-state index in [1.54, 1.807) is 18.2 Å². The summed E-state index contributed by atoms with van der Waals surface area (Å²) in [6.45, 7) is 2.80. The summed E-state index contributed by atoms with van der Waals surface area (Å²) in [6.07, 6.45) is 0.267. The van der Waals surface area contributed by atoms with Crippen LogP contribution in [0.1, 0.15) is 19.4 Å². The van der Waals surface area contributed by atoms with Gasteiger partial charge < -0.3 is 0 Å². The third-order valence-electron chi connectivity index (χ3n) is 2.45. The smallest absolute Gasteiger partial charge is 0.140 e. The first kappa shape index (κ1) is 13.2. The summed E-state index contributed by atoms with van der Waals surface area (Å²) in [5.74, 6) is -0.982. The van der Waals surface area contributed by atoms with Crippen LogP contribution >= 0.6 is 23.2 Å². The molecule has 2 nitrogen and oxygen atoms in total. The van der Waals surface area contributed by atoms with Crippen molar-refractivity contribution in [1.82, 2.24) is 0 Å². The highest BCUT2D eigenvalue weighted by atomic mass is 35.5. The number of benzene rings is 1. The van der Waals surface area contributed by atoms with Crippen molar-refractivity contribution in [3.05, 3.63) is 33.8 Å². The van der Waals surface area contributed by atoms with E-state index in [9.17, 15) is 9.59 Å². The highest BCUT2D eigenvalue weighted by Crippen LogP contribution is 2.27. The first-order valence-corrected chi connectivity index (χ1v) is 5.63. The standard InChI is InChI=1S/C12H12Cl2O2/c1-7(15)9(8(2)16)6-10-11(13)4-3-5-12(10)14/h3-5,9H,6H2,1-2H3. The minimum absolute atomic E-state index is 0.163. The Balaban J connectivity index is 3.03. The van der Waals surface area contributed by atoms with E-state index in [4.69, 9.17) is 23.2 Å². The molecule has 0 bridgehead atoms. The van der Waals surface area contributed by atoms with E-state index in [0.717, 1.165) is 0 Å². The largest absolute Gasteiger partial charge is 0.299 e. The maximum atomic E-state index is 11.3. The maximum Gasteiger partial charge on any atom is 0.140 e. The van der Waals surface area contributed by atoms with Gasteiger partial charge in [-0.15, -0.1) is 0 Å². The van der Waals surface area contributed by atoms with Crippen molar-refractivity contribution in [2.75, 3.05) is 0 Å². The zero-order valence-electron chi connectivity index (χ0n) is 9.09. The molecule has 1 aromatic rings. The van der Waals surface area contributed by atoms with Gasteiger partial charge in [0.15, 0.2) is 0 Å². The molecule has 0 spiro atoms. The summed E-state index contributed by atoms with van der Waals surface area (Å²) >= 11 is 12.0. The van der Waals surface area contributed by atoms with Gasteiger partial charge in [0.2, 0.25) is 0 Å². The van der Waals surface area contributed by atoms with Crippen LogP contribution in [0.15, 0.2) is 18.2 Å².